The van der Waals surface area contributed by atoms with Crippen LogP contribution in [-0.2, 0) is 0 Å². The minimum Gasteiger partial charge on any atom is -0.313 e. The van der Waals surface area contributed by atoms with Gasteiger partial charge in [0.05, 0.1) is 0 Å². The highest BCUT2D eigenvalue weighted by Gasteiger charge is 2.12. The summed E-state index contributed by atoms with van der Waals surface area (Å²) < 4.78 is 1.25. The monoisotopic (exact) mass is 275 g/mol. The fraction of sp³-hybridized carbons (Fsp3) is 0.636. The zero-order valence-electron chi connectivity index (χ0n) is 8.85. The van der Waals surface area contributed by atoms with Crippen LogP contribution >= 0.6 is 27.3 Å². The SMILES string of the molecule is CCCCCC(NC)c1cscc1Br. The van der Waals surface area contributed by atoms with Crippen molar-refractivity contribution in [3.63, 3.8) is 0 Å². The number of hydrogen-bond donors (Lipinski definition) is 1. The van der Waals surface area contributed by atoms with Crippen molar-refractivity contribution in [1.82, 2.24) is 5.32 Å². The molecule has 80 valence electrons. The first-order valence-corrected chi connectivity index (χ1v) is 6.92. The van der Waals surface area contributed by atoms with Gasteiger partial charge in [0, 0.05) is 15.9 Å². The number of thiophene rings is 1. The predicted molar refractivity (Wildman–Crippen MR) is 68.0 cm³/mol. The number of nitrogens with one attached hydrogen (secondary N) is 1. The lowest BCUT2D eigenvalue weighted by Gasteiger charge is -2.15. The zero-order valence-corrected chi connectivity index (χ0v) is 11.2. The van der Waals surface area contributed by atoms with Crippen molar-refractivity contribution in [2.24, 2.45) is 0 Å². The molecule has 1 N–H and O–H groups in total. The van der Waals surface area contributed by atoms with Crippen LogP contribution in [0.2, 0.25) is 0 Å². The number of unbranched alkanes of at least 4 members (excludes halogenated alkanes) is 2. The maximum Gasteiger partial charge on any atom is 0.0337 e. The first kappa shape index (κ1) is 12.2. The van der Waals surface area contributed by atoms with Crippen LogP contribution in [0.15, 0.2) is 15.2 Å². The molecule has 0 fully saturated rings. The normalized spacial score (nSPS) is 13.1. The van der Waals surface area contributed by atoms with Gasteiger partial charge in [-0.15, -0.1) is 0 Å². The van der Waals surface area contributed by atoms with Crippen LogP contribution in [0.1, 0.15) is 44.2 Å². The van der Waals surface area contributed by atoms with Crippen molar-refractivity contribution in [3.05, 3.63) is 20.8 Å². The van der Waals surface area contributed by atoms with E-state index in [-0.39, 0.29) is 0 Å². The van der Waals surface area contributed by atoms with Crippen LogP contribution in [0.5, 0.6) is 0 Å². The molecule has 1 atom stereocenters. The Morgan fingerprint density at radius 1 is 1.43 bits per heavy atom. The van der Waals surface area contributed by atoms with Gasteiger partial charge in [-0.05, 0) is 40.3 Å². The first-order valence-electron chi connectivity index (χ1n) is 5.18. The zero-order chi connectivity index (χ0) is 10.4. The Labute approximate surface area is 99.0 Å². The molecule has 0 amide bonds. The van der Waals surface area contributed by atoms with E-state index in [4.69, 9.17) is 0 Å². The van der Waals surface area contributed by atoms with E-state index in [1.807, 2.05) is 7.05 Å². The number of hydrogen-bond acceptors (Lipinski definition) is 2. The van der Waals surface area contributed by atoms with Crippen LogP contribution < -0.4 is 5.32 Å². The second kappa shape index (κ2) is 6.59. The molecule has 1 aromatic heterocycles. The Hall–Kier alpha value is 0.140. The third-order valence-electron chi connectivity index (χ3n) is 2.46. The molecule has 0 aliphatic heterocycles. The molecule has 1 aromatic rings. The van der Waals surface area contributed by atoms with E-state index in [9.17, 15) is 0 Å². The van der Waals surface area contributed by atoms with Gasteiger partial charge in [0.25, 0.3) is 0 Å². The molecule has 0 spiro atoms. The van der Waals surface area contributed by atoms with Gasteiger partial charge in [-0.25, -0.2) is 0 Å². The Morgan fingerprint density at radius 2 is 2.21 bits per heavy atom. The van der Waals surface area contributed by atoms with E-state index in [2.05, 4.69) is 38.9 Å². The molecule has 0 radical (unpaired) electrons. The Bertz CT molecular complexity index is 260. The number of halogens is 1. The minimum atomic E-state index is 0.516. The molecule has 0 aliphatic rings. The van der Waals surface area contributed by atoms with Gasteiger partial charge in [0.15, 0.2) is 0 Å². The Balaban J connectivity index is 2.50. The van der Waals surface area contributed by atoms with Gasteiger partial charge >= 0.3 is 0 Å². The molecule has 1 heterocycles. The molecule has 0 aromatic carbocycles. The van der Waals surface area contributed by atoms with E-state index in [0.717, 1.165) is 0 Å². The second-order valence-corrected chi connectivity index (χ2v) is 5.11. The summed E-state index contributed by atoms with van der Waals surface area (Å²) in [6.45, 7) is 2.24. The average molecular weight is 276 g/mol. The lowest BCUT2D eigenvalue weighted by molar-refractivity contribution is 0.512. The summed E-state index contributed by atoms with van der Waals surface area (Å²) in [5.41, 5.74) is 1.41. The average Bonchev–Trinajstić information content (AvgIpc) is 2.60. The van der Waals surface area contributed by atoms with Crippen molar-refractivity contribution in [3.8, 4) is 0 Å². The van der Waals surface area contributed by atoms with Crippen LogP contribution in [0.3, 0.4) is 0 Å². The molecule has 3 heteroatoms. The Kier molecular flexibility index (Phi) is 5.75. The van der Waals surface area contributed by atoms with Gasteiger partial charge in [0.1, 0.15) is 0 Å². The van der Waals surface area contributed by atoms with Crippen LogP contribution in [0.25, 0.3) is 0 Å². The third-order valence-corrected chi connectivity index (χ3v) is 4.21. The summed E-state index contributed by atoms with van der Waals surface area (Å²) in [6.07, 6.45) is 5.17. The molecule has 1 nitrogen and oxygen atoms in total. The molecule has 14 heavy (non-hydrogen) atoms. The van der Waals surface area contributed by atoms with E-state index < -0.39 is 0 Å². The van der Waals surface area contributed by atoms with Crippen molar-refractivity contribution in [2.45, 2.75) is 38.6 Å². The van der Waals surface area contributed by atoms with Gasteiger partial charge < -0.3 is 5.32 Å². The number of rotatable bonds is 6. The summed E-state index contributed by atoms with van der Waals surface area (Å²) in [4.78, 5) is 0. The van der Waals surface area contributed by atoms with Gasteiger partial charge in [-0.1, -0.05) is 26.2 Å². The van der Waals surface area contributed by atoms with Crippen molar-refractivity contribution in [2.75, 3.05) is 7.05 Å². The summed E-state index contributed by atoms with van der Waals surface area (Å²) in [5.74, 6) is 0. The van der Waals surface area contributed by atoms with Gasteiger partial charge in [-0.2, -0.15) is 11.3 Å². The highest BCUT2D eigenvalue weighted by molar-refractivity contribution is 9.10. The van der Waals surface area contributed by atoms with E-state index in [1.54, 1.807) is 11.3 Å². The lowest BCUT2D eigenvalue weighted by atomic mass is 10.0. The summed E-state index contributed by atoms with van der Waals surface area (Å²) in [7, 11) is 2.04. The molecule has 0 saturated carbocycles. The topological polar surface area (TPSA) is 12.0 Å². The fourth-order valence-corrected chi connectivity index (χ4v) is 3.22. The smallest absolute Gasteiger partial charge is 0.0337 e. The lowest BCUT2D eigenvalue weighted by Crippen LogP contribution is -2.15. The Morgan fingerprint density at radius 3 is 2.71 bits per heavy atom. The predicted octanol–water partition coefficient (Wildman–Crippen LogP) is 4.35. The fourth-order valence-electron chi connectivity index (χ4n) is 1.59. The largest absolute Gasteiger partial charge is 0.313 e. The van der Waals surface area contributed by atoms with Crippen LogP contribution in [0, 0.1) is 0 Å². The molecule has 0 bridgehead atoms. The van der Waals surface area contributed by atoms with Gasteiger partial charge in [-0.3, -0.25) is 0 Å². The maximum absolute atomic E-state index is 3.59. The van der Waals surface area contributed by atoms with E-state index >= 15 is 0 Å². The maximum atomic E-state index is 3.59. The first-order chi connectivity index (χ1) is 6.79. The molecular weight excluding hydrogens is 258 g/mol. The van der Waals surface area contributed by atoms with Crippen LogP contribution in [-0.4, -0.2) is 7.05 Å². The molecule has 0 aliphatic carbocycles. The molecule has 0 saturated heterocycles. The highest BCUT2D eigenvalue weighted by Crippen LogP contribution is 2.30. The second-order valence-electron chi connectivity index (χ2n) is 3.51. The third kappa shape index (κ3) is 3.37. The summed E-state index contributed by atoms with van der Waals surface area (Å²) >= 11 is 5.35. The van der Waals surface area contributed by atoms with Gasteiger partial charge in [0.2, 0.25) is 0 Å². The molecule has 1 rings (SSSR count). The molecule has 1 unspecified atom stereocenters. The molecular formula is C11H18BrNS. The summed E-state index contributed by atoms with van der Waals surface area (Å²) in [6, 6.07) is 0.516. The van der Waals surface area contributed by atoms with Crippen LogP contribution in [0.4, 0.5) is 0 Å². The van der Waals surface area contributed by atoms with E-state index in [1.165, 1.54) is 35.7 Å². The van der Waals surface area contributed by atoms with E-state index in [0.29, 0.717) is 6.04 Å². The summed E-state index contributed by atoms with van der Waals surface area (Å²) in [5, 5.41) is 7.77. The van der Waals surface area contributed by atoms with Crippen molar-refractivity contribution >= 4 is 27.3 Å². The van der Waals surface area contributed by atoms with Crippen molar-refractivity contribution < 1.29 is 0 Å². The quantitative estimate of drug-likeness (QED) is 0.762. The van der Waals surface area contributed by atoms with Crippen molar-refractivity contribution in [1.29, 1.82) is 0 Å². The minimum absolute atomic E-state index is 0.516. The highest BCUT2D eigenvalue weighted by atomic mass is 79.9. The standard InChI is InChI=1S/C11H18BrNS/c1-3-4-5-6-11(13-2)9-7-14-8-10(9)12/h7-8,11,13H,3-6H2,1-2H3.